The number of hydrogen-bond acceptors (Lipinski definition) is 4. The van der Waals surface area contributed by atoms with Crippen molar-refractivity contribution in [3.8, 4) is 5.75 Å². The summed E-state index contributed by atoms with van der Waals surface area (Å²) in [6.45, 7) is 2.68. The molecule has 1 N–H and O–H groups in total. The molecule has 1 aliphatic heterocycles. The Morgan fingerprint density at radius 1 is 1.12 bits per heavy atom. The number of hydrogen-bond donors (Lipinski definition) is 1. The number of benzene rings is 1. The third-order valence-electron chi connectivity index (χ3n) is 5.79. The van der Waals surface area contributed by atoms with Crippen LogP contribution in [0.25, 0.3) is 0 Å². The molecular formula is C22H28N2O2. The lowest BCUT2D eigenvalue weighted by molar-refractivity contribution is -0.0280. The van der Waals surface area contributed by atoms with Gasteiger partial charge in [-0.15, -0.1) is 0 Å². The Hall–Kier alpha value is -1.91. The summed E-state index contributed by atoms with van der Waals surface area (Å²) in [4.78, 5) is 6.57. The SMILES string of the molecule is OC1(c2cccnc2)CCN(Cc2cccc(OC3CCCC3)c2)CC1. The van der Waals surface area contributed by atoms with Crippen LogP contribution in [0.3, 0.4) is 0 Å². The number of aromatic nitrogens is 1. The van der Waals surface area contributed by atoms with Crippen LogP contribution in [0.2, 0.25) is 0 Å². The quantitative estimate of drug-likeness (QED) is 0.887. The summed E-state index contributed by atoms with van der Waals surface area (Å²) in [6, 6.07) is 12.4. The Bertz CT molecular complexity index is 705. The summed E-state index contributed by atoms with van der Waals surface area (Å²) >= 11 is 0. The molecule has 0 bridgehead atoms. The maximum absolute atomic E-state index is 10.9. The summed E-state index contributed by atoms with van der Waals surface area (Å²) in [5.41, 5.74) is 1.48. The molecule has 2 fully saturated rings. The largest absolute Gasteiger partial charge is 0.490 e. The molecule has 1 aliphatic carbocycles. The van der Waals surface area contributed by atoms with Crippen molar-refractivity contribution < 1.29 is 9.84 Å². The topological polar surface area (TPSA) is 45.6 Å². The van der Waals surface area contributed by atoms with E-state index in [0.717, 1.165) is 43.8 Å². The highest BCUT2D eigenvalue weighted by Crippen LogP contribution is 2.33. The smallest absolute Gasteiger partial charge is 0.120 e. The minimum atomic E-state index is -0.738. The van der Waals surface area contributed by atoms with E-state index in [4.69, 9.17) is 4.74 Å². The lowest BCUT2D eigenvalue weighted by atomic mass is 9.85. The second kappa shape index (κ2) is 7.77. The van der Waals surface area contributed by atoms with Gasteiger partial charge in [-0.1, -0.05) is 18.2 Å². The van der Waals surface area contributed by atoms with E-state index < -0.39 is 5.60 Å². The highest BCUT2D eigenvalue weighted by molar-refractivity contribution is 5.29. The highest BCUT2D eigenvalue weighted by Gasteiger charge is 2.34. The first kappa shape index (κ1) is 17.5. The second-order valence-electron chi connectivity index (χ2n) is 7.72. The number of ether oxygens (including phenoxy) is 1. The number of rotatable bonds is 5. The van der Waals surface area contributed by atoms with E-state index in [2.05, 4.69) is 34.1 Å². The summed E-state index contributed by atoms with van der Waals surface area (Å²) in [5.74, 6) is 0.998. The van der Waals surface area contributed by atoms with Crippen LogP contribution in [0.4, 0.5) is 0 Å². The standard InChI is InChI=1S/C22H28N2O2/c25-22(19-6-4-12-23-16-19)10-13-24(14-11-22)17-18-5-3-9-21(15-18)26-20-7-1-2-8-20/h3-6,9,12,15-16,20,25H,1-2,7-8,10-11,13-14,17H2. The fourth-order valence-electron chi connectivity index (χ4n) is 4.18. The molecule has 0 spiro atoms. The molecule has 0 atom stereocenters. The molecule has 4 nitrogen and oxygen atoms in total. The van der Waals surface area contributed by atoms with Gasteiger partial charge >= 0.3 is 0 Å². The van der Waals surface area contributed by atoms with Gasteiger partial charge < -0.3 is 9.84 Å². The van der Waals surface area contributed by atoms with Gasteiger partial charge in [0.2, 0.25) is 0 Å². The average molecular weight is 352 g/mol. The van der Waals surface area contributed by atoms with E-state index in [1.807, 2.05) is 12.1 Å². The lowest BCUT2D eigenvalue weighted by Gasteiger charge is -2.38. The minimum absolute atomic E-state index is 0.398. The molecule has 2 heterocycles. The minimum Gasteiger partial charge on any atom is -0.490 e. The molecule has 138 valence electrons. The second-order valence-corrected chi connectivity index (χ2v) is 7.72. The number of pyridine rings is 1. The van der Waals surface area contributed by atoms with Crippen molar-refractivity contribution in [2.24, 2.45) is 0 Å². The van der Waals surface area contributed by atoms with Crippen LogP contribution in [0.5, 0.6) is 5.75 Å². The summed E-state index contributed by atoms with van der Waals surface area (Å²) in [5, 5.41) is 10.9. The van der Waals surface area contributed by atoms with Crippen LogP contribution in [-0.2, 0) is 12.1 Å². The van der Waals surface area contributed by atoms with Gasteiger partial charge in [0.25, 0.3) is 0 Å². The normalized spacial score (nSPS) is 21.0. The molecule has 1 saturated heterocycles. The summed E-state index contributed by atoms with van der Waals surface area (Å²) in [6.07, 6.45) is 10.4. The first-order valence-electron chi connectivity index (χ1n) is 9.82. The fourth-order valence-corrected chi connectivity index (χ4v) is 4.18. The predicted octanol–water partition coefficient (Wildman–Crippen LogP) is 3.89. The molecular weight excluding hydrogens is 324 g/mol. The Morgan fingerprint density at radius 2 is 1.92 bits per heavy atom. The predicted molar refractivity (Wildman–Crippen MR) is 102 cm³/mol. The molecule has 1 aromatic carbocycles. The van der Waals surface area contributed by atoms with Crippen molar-refractivity contribution in [3.05, 3.63) is 59.9 Å². The molecule has 0 amide bonds. The number of likely N-dealkylation sites (tertiary alicyclic amines) is 1. The number of aliphatic hydroxyl groups is 1. The molecule has 0 radical (unpaired) electrons. The monoisotopic (exact) mass is 352 g/mol. The summed E-state index contributed by atoms with van der Waals surface area (Å²) < 4.78 is 6.13. The number of nitrogens with zero attached hydrogens (tertiary/aromatic N) is 2. The zero-order valence-electron chi connectivity index (χ0n) is 15.3. The van der Waals surface area contributed by atoms with Crippen LogP contribution in [0.15, 0.2) is 48.8 Å². The fraction of sp³-hybridized carbons (Fsp3) is 0.500. The zero-order chi connectivity index (χ0) is 17.8. The van der Waals surface area contributed by atoms with Crippen LogP contribution < -0.4 is 4.74 Å². The van der Waals surface area contributed by atoms with Gasteiger partial charge in [-0.3, -0.25) is 9.88 Å². The molecule has 26 heavy (non-hydrogen) atoms. The van der Waals surface area contributed by atoms with Gasteiger partial charge in [-0.25, -0.2) is 0 Å². The van der Waals surface area contributed by atoms with Crippen molar-refractivity contribution in [1.82, 2.24) is 9.88 Å². The van der Waals surface area contributed by atoms with Gasteiger partial charge in [-0.2, -0.15) is 0 Å². The van der Waals surface area contributed by atoms with Gasteiger partial charge in [0, 0.05) is 37.6 Å². The van der Waals surface area contributed by atoms with Gasteiger partial charge in [-0.05, 0) is 62.3 Å². The van der Waals surface area contributed by atoms with Gasteiger partial charge in [0.05, 0.1) is 11.7 Å². The Kier molecular flexibility index (Phi) is 5.23. The highest BCUT2D eigenvalue weighted by atomic mass is 16.5. The van der Waals surface area contributed by atoms with Gasteiger partial charge in [0.1, 0.15) is 5.75 Å². The molecule has 4 rings (SSSR count). The molecule has 0 unspecified atom stereocenters. The van der Waals surface area contributed by atoms with E-state index in [1.54, 1.807) is 12.4 Å². The third kappa shape index (κ3) is 4.08. The molecule has 2 aliphatic rings. The van der Waals surface area contributed by atoms with Crippen molar-refractivity contribution >= 4 is 0 Å². The van der Waals surface area contributed by atoms with Crippen molar-refractivity contribution in [1.29, 1.82) is 0 Å². The molecule has 1 saturated carbocycles. The van der Waals surface area contributed by atoms with E-state index in [9.17, 15) is 5.11 Å². The van der Waals surface area contributed by atoms with Crippen molar-refractivity contribution in [3.63, 3.8) is 0 Å². The van der Waals surface area contributed by atoms with E-state index in [1.165, 1.54) is 31.2 Å². The van der Waals surface area contributed by atoms with E-state index >= 15 is 0 Å². The Balaban J connectivity index is 1.34. The van der Waals surface area contributed by atoms with Crippen molar-refractivity contribution in [2.75, 3.05) is 13.1 Å². The zero-order valence-corrected chi connectivity index (χ0v) is 15.3. The van der Waals surface area contributed by atoms with Crippen LogP contribution in [0, 0.1) is 0 Å². The first-order chi connectivity index (χ1) is 12.7. The lowest BCUT2D eigenvalue weighted by Crippen LogP contribution is -2.42. The van der Waals surface area contributed by atoms with Crippen LogP contribution >= 0.6 is 0 Å². The van der Waals surface area contributed by atoms with Crippen LogP contribution in [0.1, 0.15) is 49.7 Å². The molecule has 1 aromatic heterocycles. The van der Waals surface area contributed by atoms with E-state index in [-0.39, 0.29) is 0 Å². The maximum Gasteiger partial charge on any atom is 0.120 e. The maximum atomic E-state index is 10.9. The Morgan fingerprint density at radius 3 is 2.65 bits per heavy atom. The third-order valence-corrected chi connectivity index (χ3v) is 5.79. The molecule has 2 aromatic rings. The number of piperidine rings is 1. The van der Waals surface area contributed by atoms with Crippen molar-refractivity contribution in [2.45, 2.75) is 56.8 Å². The van der Waals surface area contributed by atoms with E-state index in [0.29, 0.717) is 6.10 Å². The average Bonchev–Trinajstić information content (AvgIpc) is 3.18. The molecule has 4 heteroatoms. The first-order valence-corrected chi connectivity index (χ1v) is 9.82. The summed E-state index contributed by atoms with van der Waals surface area (Å²) in [7, 11) is 0. The van der Waals surface area contributed by atoms with Gasteiger partial charge in [0.15, 0.2) is 0 Å². The van der Waals surface area contributed by atoms with Crippen LogP contribution in [-0.4, -0.2) is 34.2 Å². The Labute approximate surface area is 155 Å².